The van der Waals surface area contributed by atoms with Gasteiger partial charge in [-0.15, -0.1) is 0 Å². The summed E-state index contributed by atoms with van der Waals surface area (Å²) in [6, 6.07) is 7.47. The summed E-state index contributed by atoms with van der Waals surface area (Å²) in [4.78, 5) is 22.9. The normalized spacial score (nSPS) is 10.9. The maximum atomic E-state index is 12.5. The van der Waals surface area contributed by atoms with E-state index in [1.165, 1.54) is 4.68 Å². The summed E-state index contributed by atoms with van der Waals surface area (Å²) in [5.74, 6) is -0.673. The van der Waals surface area contributed by atoms with Crippen molar-refractivity contribution < 1.29 is 9.72 Å². The van der Waals surface area contributed by atoms with Gasteiger partial charge in [-0.2, -0.15) is 9.78 Å². The van der Waals surface area contributed by atoms with E-state index in [0.29, 0.717) is 28.6 Å². The van der Waals surface area contributed by atoms with Crippen LogP contribution in [0.4, 0.5) is 11.5 Å². The minimum absolute atomic E-state index is 0.153. The molecule has 1 aromatic carbocycles. The van der Waals surface area contributed by atoms with Gasteiger partial charge in [-0.3, -0.25) is 9.48 Å². The van der Waals surface area contributed by atoms with Gasteiger partial charge in [-0.05, 0) is 59.3 Å². The van der Waals surface area contributed by atoms with E-state index >= 15 is 0 Å². The summed E-state index contributed by atoms with van der Waals surface area (Å²) < 4.78 is 3.35. The number of anilines is 1. The fourth-order valence-electron chi connectivity index (χ4n) is 2.89. The van der Waals surface area contributed by atoms with Crippen molar-refractivity contribution in [2.45, 2.75) is 33.9 Å². The summed E-state index contributed by atoms with van der Waals surface area (Å²) in [7, 11) is 0. The molecule has 0 saturated heterocycles. The van der Waals surface area contributed by atoms with Crippen LogP contribution < -0.4 is 5.32 Å². The number of halogens is 2. The third kappa shape index (κ3) is 4.48. The van der Waals surface area contributed by atoms with Gasteiger partial charge in [0.05, 0.1) is 34.4 Å². The van der Waals surface area contributed by atoms with E-state index in [9.17, 15) is 14.9 Å². The lowest BCUT2D eigenvalue weighted by molar-refractivity contribution is -0.390. The number of hydrogen-bond acceptors (Lipinski definition) is 5. The quantitative estimate of drug-likeness (QED) is 0.423. The molecule has 11 heteroatoms. The molecule has 0 saturated carbocycles. The van der Waals surface area contributed by atoms with Crippen LogP contribution in [0.25, 0.3) is 0 Å². The Balaban J connectivity index is 1.76. The topological polar surface area (TPSA) is 108 Å². The third-order valence-corrected chi connectivity index (χ3v) is 5.65. The molecule has 3 rings (SSSR count). The van der Waals surface area contributed by atoms with Gasteiger partial charge in [-0.25, -0.2) is 0 Å². The lowest BCUT2D eigenvalue weighted by Gasteiger charge is -2.07. The predicted molar refractivity (Wildman–Crippen MR) is 112 cm³/mol. The molecule has 9 nitrogen and oxygen atoms in total. The van der Waals surface area contributed by atoms with Crippen LogP contribution in [0.1, 0.15) is 22.6 Å². The summed E-state index contributed by atoms with van der Waals surface area (Å²) in [6.45, 7) is 5.71. The summed E-state index contributed by atoms with van der Waals surface area (Å²) in [5, 5.41) is 22.9. The van der Waals surface area contributed by atoms with Gasteiger partial charge in [0, 0.05) is 5.02 Å². The van der Waals surface area contributed by atoms with Crippen LogP contribution in [0.2, 0.25) is 5.02 Å². The first-order valence-corrected chi connectivity index (χ1v) is 9.80. The first-order valence-electron chi connectivity index (χ1n) is 8.63. The van der Waals surface area contributed by atoms with Crippen LogP contribution in [0.3, 0.4) is 0 Å². The SMILES string of the molecule is Cc1nn(Cc2ccc(Cl)cc2)c(C)c1NC(=O)Cn1nc([N+](=O)[O-])c(Br)c1C. The van der Waals surface area contributed by atoms with E-state index in [0.717, 1.165) is 11.3 Å². The minimum atomic E-state index is -0.597. The number of nitrogens with one attached hydrogen (secondary N) is 1. The Labute approximate surface area is 179 Å². The van der Waals surface area contributed by atoms with Crippen LogP contribution in [0, 0.1) is 30.9 Å². The van der Waals surface area contributed by atoms with Crippen LogP contribution >= 0.6 is 27.5 Å². The highest BCUT2D eigenvalue weighted by molar-refractivity contribution is 9.10. The highest BCUT2D eigenvalue weighted by atomic mass is 79.9. The molecule has 0 radical (unpaired) electrons. The van der Waals surface area contributed by atoms with Gasteiger partial charge in [-0.1, -0.05) is 23.7 Å². The molecule has 1 amide bonds. The zero-order chi connectivity index (χ0) is 21.3. The number of benzene rings is 1. The Morgan fingerprint density at radius 1 is 1.17 bits per heavy atom. The van der Waals surface area contributed by atoms with Gasteiger partial charge in [0.25, 0.3) is 0 Å². The number of hydrogen-bond donors (Lipinski definition) is 1. The van der Waals surface area contributed by atoms with E-state index in [1.54, 1.807) is 11.6 Å². The fraction of sp³-hybridized carbons (Fsp3) is 0.278. The molecule has 0 aliphatic heterocycles. The summed E-state index contributed by atoms with van der Waals surface area (Å²) >= 11 is 9.06. The molecule has 0 aliphatic rings. The molecule has 2 heterocycles. The van der Waals surface area contributed by atoms with Gasteiger partial charge in [0.15, 0.2) is 0 Å². The minimum Gasteiger partial charge on any atom is -0.358 e. The van der Waals surface area contributed by atoms with Crippen molar-refractivity contribution in [3.8, 4) is 0 Å². The molecule has 0 aliphatic carbocycles. The second kappa shape index (κ2) is 8.34. The Kier molecular flexibility index (Phi) is 6.04. The average molecular weight is 482 g/mol. The molecule has 2 aromatic heterocycles. The van der Waals surface area contributed by atoms with Crippen molar-refractivity contribution in [3.05, 3.63) is 66.5 Å². The Hall–Kier alpha value is -2.72. The zero-order valence-corrected chi connectivity index (χ0v) is 18.3. The van der Waals surface area contributed by atoms with Crippen molar-refractivity contribution in [3.63, 3.8) is 0 Å². The molecule has 0 fully saturated rings. The fourth-order valence-corrected chi connectivity index (χ4v) is 3.44. The summed E-state index contributed by atoms with van der Waals surface area (Å²) in [6.07, 6.45) is 0. The van der Waals surface area contributed by atoms with E-state index in [4.69, 9.17) is 11.6 Å². The number of rotatable bonds is 6. The second-order valence-electron chi connectivity index (χ2n) is 6.52. The number of amides is 1. The van der Waals surface area contributed by atoms with Crippen LogP contribution in [-0.4, -0.2) is 30.4 Å². The molecule has 0 bridgehead atoms. The van der Waals surface area contributed by atoms with Crippen LogP contribution in [0.15, 0.2) is 28.7 Å². The first kappa shape index (κ1) is 21.0. The molecule has 29 heavy (non-hydrogen) atoms. The molecule has 0 spiro atoms. The molecular formula is C18H18BrClN6O3. The average Bonchev–Trinajstić information content (AvgIpc) is 3.08. The number of nitrogens with zero attached hydrogens (tertiary/aromatic N) is 5. The first-order chi connectivity index (χ1) is 13.7. The highest BCUT2D eigenvalue weighted by Crippen LogP contribution is 2.27. The monoisotopic (exact) mass is 480 g/mol. The molecule has 152 valence electrons. The number of aryl methyl sites for hydroxylation is 1. The van der Waals surface area contributed by atoms with E-state index in [-0.39, 0.29) is 22.7 Å². The van der Waals surface area contributed by atoms with E-state index < -0.39 is 4.92 Å². The van der Waals surface area contributed by atoms with Crippen molar-refractivity contribution in [2.24, 2.45) is 0 Å². The zero-order valence-electron chi connectivity index (χ0n) is 15.9. The van der Waals surface area contributed by atoms with Crippen molar-refractivity contribution in [2.75, 3.05) is 5.32 Å². The van der Waals surface area contributed by atoms with Crippen molar-refractivity contribution >= 4 is 44.9 Å². The molecule has 0 unspecified atom stereocenters. The largest absolute Gasteiger partial charge is 0.404 e. The number of nitro groups is 1. The van der Waals surface area contributed by atoms with Crippen LogP contribution in [0.5, 0.6) is 0 Å². The van der Waals surface area contributed by atoms with E-state index in [1.807, 2.05) is 38.1 Å². The number of carbonyl (C=O) groups excluding carboxylic acids is 1. The smallest absolute Gasteiger partial charge is 0.358 e. The lowest BCUT2D eigenvalue weighted by atomic mass is 10.2. The standard InChI is InChI=1S/C18H18BrClN6O3/c1-10-17(12(3)24(22-10)8-13-4-6-14(20)7-5-13)21-15(27)9-25-11(2)16(19)18(23-25)26(28)29/h4-7H,8-9H2,1-3H3,(H,21,27). The van der Waals surface area contributed by atoms with Gasteiger partial charge < -0.3 is 15.4 Å². The van der Waals surface area contributed by atoms with Crippen molar-refractivity contribution in [1.29, 1.82) is 0 Å². The van der Waals surface area contributed by atoms with Gasteiger partial charge in [0.1, 0.15) is 11.0 Å². The predicted octanol–water partition coefficient (Wildman–Crippen LogP) is 4.02. The van der Waals surface area contributed by atoms with Gasteiger partial charge >= 0.3 is 5.82 Å². The Morgan fingerprint density at radius 2 is 1.83 bits per heavy atom. The molecule has 1 N–H and O–H groups in total. The maximum Gasteiger partial charge on any atom is 0.404 e. The molecule has 0 atom stereocenters. The Bertz CT molecular complexity index is 1090. The van der Waals surface area contributed by atoms with Crippen molar-refractivity contribution in [1.82, 2.24) is 19.6 Å². The van der Waals surface area contributed by atoms with Crippen LogP contribution in [-0.2, 0) is 17.9 Å². The number of carbonyl (C=O) groups is 1. The summed E-state index contributed by atoms with van der Waals surface area (Å²) in [5.41, 5.74) is 3.62. The van der Waals surface area contributed by atoms with Gasteiger partial charge in [0.2, 0.25) is 5.91 Å². The molecule has 3 aromatic rings. The third-order valence-electron chi connectivity index (χ3n) is 4.47. The van der Waals surface area contributed by atoms with E-state index in [2.05, 4.69) is 31.4 Å². The molecular weight excluding hydrogens is 464 g/mol. The Morgan fingerprint density at radius 3 is 2.41 bits per heavy atom. The lowest BCUT2D eigenvalue weighted by Crippen LogP contribution is -2.21. The maximum absolute atomic E-state index is 12.5. The second-order valence-corrected chi connectivity index (χ2v) is 7.75. The number of aromatic nitrogens is 4. The highest BCUT2D eigenvalue weighted by Gasteiger charge is 2.25.